The second kappa shape index (κ2) is 10.3. The molecule has 0 saturated heterocycles. The third kappa shape index (κ3) is 5.65. The van der Waals surface area contributed by atoms with Crippen LogP contribution in [0, 0.1) is 5.82 Å². The second-order valence-corrected chi connectivity index (χ2v) is 8.25. The smallest absolute Gasteiger partial charge is 0.322 e. The monoisotopic (exact) mass is 495 g/mol. The van der Waals surface area contributed by atoms with E-state index in [-0.39, 0.29) is 10.6 Å². The van der Waals surface area contributed by atoms with Gasteiger partial charge in [-0.2, -0.15) is 0 Å². The highest BCUT2D eigenvalue weighted by atomic mass is 35.5. The lowest BCUT2D eigenvalue weighted by molar-refractivity contribution is 0.102. The van der Waals surface area contributed by atoms with Crippen molar-refractivity contribution in [3.8, 4) is 0 Å². The van der Waals surface area contributed by atoms with Crippen LogP contribution in [-0.4, -0.2) is 18.2 Å². The molecule has 0 aliphatic heterocycles. The number of hydrogen-bond acceptors (Lipinski definition) is 4. The summed E-state index contributed by atoms with van der Waals surface area (Å²) in [5.41, 5.74) is 1.03. The summed E-state index contributed by atoms with van der Waals surface area (Å²) in [5, 5.41) is 5.93. The molecule has 2 N–H and O–H groups in total. The van der Waals surface area contributed by atoms with E-state index in [4.69, 9.17) is 23.2 Å². The minimum Gasteiger partial charge on any atom is -0.322 e. The van der Waals surface area contributed by atoms with Gasteiger partial charge in [0.2, 0.25) is 0 Å². The summed E-state index contributed by atoms with van der Waals surface area (Å²) in [4.78, 5) is 25.7. The molecule has 160 valence electrons. The molecule has 0 atom stereocenters. The first-order valence-electron chi connectivity index (χ1n) is 8.79. The molecule has 0 saturated carbocycles. The predicted octanol–water partition coefficient (Wildman–Crippen LogP) is 6.99. The van der Waals surface area contributed by atoms with Gasteiger partial charge in [-0.15, -0.1) is 11.8 Å². The molecule has 10 heteroatoms. The van der Waals surface area contributed by atoms with Crippen LogP contribution in [0.25, 0.3) is 0 Å². The normalized spacial score (nSPS) is 10.5. The Labute approximate surface area is 198 Å². The number of anilines is 3. The Bertz CT molecular complexity index is 1150. The molecule has 0 unspecified atom stereocenters. The number of thioether (sulfide) groups is 1. The zero-order chi connectivity index (χ0) is 22.5. The molecular formula is C21H16Cl2FN3O2S2. The van der Waals surface area contributed by atoms with Gasteiger partial charge in [0, 0.05) is 16.3 Å². The standard InChI is InChI=1S/C21H16Cl2FN3O2S2/c1-31-19-9-7-13(11-16(19)23)26-21(29)27(30)18-8-6-12(10-15(18)22)25-20(28)14-4-2-3-5-17(14)24/h2-11,30H,1H3,(H,25,28)(H,26,29). The van der Waals surface area contributed by atoms with E-state index in [1.54, 1.807) is 24.3 Å². The van der Waals surface area contributed by atoms with E-state index >= 15 is 0 Å². The van der Waals surface area contributed by atoms with Crippen molar-refractivity contribution in [1.29, 1.82) is 0 Å². The Balaban J connectivity index is 1.71. The van der Waals surface area contributed by atoms with Crippen molar-refractivity contribution in [2.45, 2.75) is 4.90 Å². The number of rotatable bonds is 5. The van der Waals surface area contributed by atoms with E-state index in [1.165, 1.54) is 48.2 Å². The maximum absolute atomic E-state index is 13.8. The number of hydrogen-bond donors (Lipinski definition) is 3. The van der Waals surface area contributed by atoms with Crippen LogP contribution in [-0.2, 0) is 0 Å². The molecule has 3 amide bonds. The van der Waals surface area contributed by atoms with Crippen LogP contribution >= 0.6 is 47.8 Å². The van der Waals surface area contributed by atoms with Gasteiger partial charge < -0.3 is 10.6 Å². The molecule has 0 aliphatic rings. The second-order valence-electron chi connectivity index (χ2n) is 6.19. The fourth-order valence-electron chi connectivity index (χ4n) is 2.63. The highest BCUT2D eigenvalue weighted by Gasteiger charge is 2.17. The van der Waals surface area contributed by atoms with Crippen molar-refractivity contribution in [1.82, 2.24) is 0 Å². The first-order valence-corrected chi connectivity index (χ1v) is 11.2. The topological polar surface area (TPSA) is 61.4 Å². The minimum absolute atomic E-state index is 0.0935. The van der Waals surface area contributed by atoms with Gasteiger partial charge in [0.15, 0.2) is 0 Å². The maximum atomic E-state index is 13.8. The summed E-state index contributed by atoms with van der Waals surface area (Å²) < 4.78 is 14.8. The summed E-state index contributed by atoms with van der Waals surface area (Å²) in [7, 11) is 0. The molecule has 5 nitrogen and oxygen atoms in total. The third-order valence-electron chi connectivity index (χ3n) is 4.15. The number of carbonyl (C=O) groups excluding carboxylic acids is 2. The van der Waals surface area contributed by atoms with Crippen molar-refractivity contribution < 1.29 is 14.0 Å². The molecule has 0 heterocycles. The molecule has 0 radical (unpaired) electrons. The Kier molecular flexibility index (Phi) is 7.72. The number of benzene rings is 3. The van der Waals surface area contributed by atoms with Gasteiger partial charge in [-0.1, -0.05) is 48.1 Å². The van der Waals surface area contributed by atoms with Crippen LogP contribution in [0.15, 0.2) is 65.6 Å². The van der Waals surface area contributed by atoms with E-state index in [0.717, 1.165) is 9.20 Å². The third-order valence-corrected chi connectivity index (χ3v) is 6.07. The van der Waals surface area contributed by atoms with Gasteiger partial charge >= 0.3 is 6.03 Å². The number of carbonyl (C=O) groups is 2. The largest absolute Gasteiger partial charge is 0.336 e. The van der Waals surface area contributed by atoms with Crippen molar-refractivity contribution in [3.05, 3.63) is 82.1 Å². The van der Waals surface area contributed by atoms with E-state index in [9.17, 15) is 14.0 Å². The Morgan fingerprint density at radius 3 is 2.26 bits per heavy atom. The van der Waals surface area contributed by atoms with Gasteiger partial charge in [-0.3, -0.25) is 4.79 Å². The zero-order valence-corrected chi connectivity index (χ0v) is 19.2. The highest BCUT2D eigenvalue weighted by Crippen LogP contribution is 2.32. The van der Waals surface area contributed by atoms with Crippen molar-refractivity contribution in [2.24, 2.45) is 0 Å². The molecule has 3 rings (SSSR count). The maximum Gasteiger partial charge on any atom is 0.336 e. The van der Waals surface area contributed by atoms with Crippen LogP contribution < -0.4 is 14.9 Å². The quantitative estimate of drug-likeness (QED) is 0.264. The molecule has 3 aromatic carbocycles. The molecule has 3 aromatic rings. The van der Waals surface area contributed by atoms with Gasteiger partial charge in [0.1, 0.15) is 5.82 Å². The summed E-state index contributed by atoms with van der Waals surface area (Å²) in [5.74, 6) is -1.25. The van der Waals surface area contributed by atoms with E-state index in [1.807, 2.05) is 6.26 Å². The van der Waals surface area contributed by atoms with Gasteiger partial charge in [0.05, 0.1) is 21.3 Å². The van der Waals surface area contributed by atoms with Crippen LogP contribution in [0.1, 0.15) is 10.4 Å². The first-order chi connectivity index (χ1) is 14.8. The van der Waals surface area contributed by atoms with Gasteiger partial charge in [-0.05, 0) is 54.8 Å². The molecular weight excluding hydrogens is 480 g/mol. The van der Waals surface area contributed by atoms with Crippen LogP contribution in [0.5, 0.6) is 0 Å². The van der Waals surface area contributed by atoms with Crippen LogP contribution in [0.2, 0.25) is 10.0 Å². The SMILES string of the molecule is CSc1ccc(NC(=O)N(S)c2ccc(NC(=O)c3ccccc3F)cc2Cl)cc1Cl. The minimum atomic E-state index is -0.633. The summed E-state index contributed by atoms with van der Waals surface area (Å²) in [6.45, 7) is 0. The average molecular weight is 496 g/mol. The van der Waals surface area contributed by atoms with E-state index in [2.05, 4.69) is 23.4 Å². The Hall–Kier alpha value is -2.39. The molecule has 0 bridgehead atoms. The van der Waals surface area contributed by atoms with Crippen molar-refractivity contribution in [3.63, 3.8) is 0 Å². The van der Waals surface area contributed by atoms with Gasteiger partial charge in [0.25, 0.3) is 5.91 Å². The lowest BCUT2D eigenvalue weighted by Crippen LogP contribution is -2.27. The lowest BCUT2D eigenvalue weighted by atomic mass is 10.2. The zero-order valence-electron chi connectivity index (χ0n) is 16.0. The molecule has 0 aliphatic carbocycles. The Morgan fingerprint density at radius 2 is 1.61 bits per heavy atom. The van der Waals surface area contributed by atoms with Crippen LogP contribution in [0.3, 0.4) is 0 Å². The molecule has 31 heavy (non-hydrogen) atoms. The number of halogens is 3. The van der Waals surface area contributed by atoms with E-state index < -0.39 is 17.8 Å². The number of nitrogens with zero attached hydrogens (tertiary/aromatic N) is 1. The molecule has 0 fully saturated rings. The lowest BCUT2D eigenvalue weighted by Gasteiger charge is -2.19. The van der Waals surface area contributed by atoms with Crippen LogP contribution in [0.4, 0.5) is 26.2 Å². The molecule has 0 aromatic heterocycles. The fraction of sp³-hybridized carbons (Fsp3) is 0.0476. The number of amides is 3. The van der Waals surface area contributed by atoms with E-state index in [0.29, 0.717) is 22.1 Å². The number of thiol groups is 1. The van der Waals surface area contributed by atoms with Gasteiger partial charge in [-0.25, -0.2) is 13.5 Å². The number of urea groups is 1. The summed E-state index contributed by atoms with van der Waals surface area (Å²) in [6.07, 6.45) is 1.90. The number of nitrogens with one attached hydrogen (secondary N) is 2. The Morgan fingerprint density at radius 1 is 0.968 bits per heavy atom. The van der Waals surface area contributed by atoms with Crippen molar-refractivity contribution >= 4 is 76.8 Å². The molecule has 0 spiro atoms. The fourth-order valence-corrected chi connectivity index (χ4v) is 4.05. The predicted molar refractivity (Wildman–Crippen MR) is 130 cm³/mol. The summed E-state index contributed by atoms with van der Waals surface area (Å²) >= 11 is 18.2. The average Bonchev–Trinajstić information content (AvgIpc) is 2.73. The highest BCUT2D eigenvalue weighted by molar-refractivity contribution is 7.98. The van der Waals surface area contributed by atoms with Crippen molar-refractivity contribution in [2.75, 3.05) is 21.2 Å². The summed E-state index contributed by atoms with van der Waals surface area (Å²) in [6, 6.07) is 14.7. The first kappa shape index (κ1) is 23.3.